The summed E-state index contributed by atoms with van der Waals surface area (Å²) in [4.78, 5) is 58.0. The van der Waals surface area contributed by atoms with Crippen LogP contribution in [0.25, 0.3) is 0 Å². The second kappa shape index (κ2) is 12.2. The van der Waals surface area contributed by atoms with Crippen molar-refractivity contribution in [2.24, 2.45) is 10.3 Å². The molecule has 6 unspecified atom stereocenters. The number of nitrogens with zero attached hydrogens (tertiary/aromatic N) is 2. The zero-order valence-electron chi connectivity index (χ0n) is 20.2. The molecule has 0 aromatic carbocycles. The number of carbonyl (C=O) groups is 4. The van der Waals surface area contributed by atoms with Crippen LogP contribution in [0.4, 0.5) is 0 Å². The molecule has 39 heavy (non-hydrogen) atoms. The van der Waals surface area contributed by atoms with Crippen molar-refractivity contribution in [2.45, 2.75) is 65.2 Å². The second-order valence-electron chi connectivity index (χ2n) is 9.50. The minimum atomic E-state index is -1.30. The molecule has 212 valence electrons. The summed E-state index contributed by atoms with van der Waals surface area (Å²) in [5, 5.41) is 34.2. The van der Waals surface area contributed by atoms with Gasteiger partial charge in [0.15, 0.2) is 22.8 Å². The number of aliphatic hydroxyl groups excluding tert-OH is 2. The summed E-state index contributed by atoms with van der Waals surface area (Å²) in [5.74, 6) is -1.49. The van der Waals surface area contributed by atoms with Gasteiger partial charge < -0.3 is 30.5 Å². The van der Waals surface area contributed by atoms with E-state index >= 15 is 0 Å². The first kappa shape index (κ1) is 30.5. The maximum absolute atomic E-state index is 12.5. The SMILES string of the molecule is O=C(NCCCCCNC(=O)C1=NOC2(C=C(Br)C(=O)C(Br)C2O)C1)C1=NOC2(C=C(Br)C(=O)C(Br)C2O)C1. The Morgan fingerprint density at radius 2 is 1.21 bits per heavy atom. The third-order valence-corrected chi connectivity index (χ3v) is 9.83. The average molecular weight is 804 g/mol. The number of ketones is 2. The molecule has 2 aliphatic carbocycles. The minimum absolute atomic E-state index is 0.0156. The van der Waals surface area contributed by atoms with Crippen LogP contribution in [0.1, 0.15) is 32.1 Å². The van der Waals surface area contributed by atoms with E-state index in [4.69, 9.17) is 9.68 Å². The van der Waals surface area contributed by atoms with Crippen LogP contribution in [0.15, 0.2) is 31.4 Å². The molecular formula is C23H24Br4N4O8. The van der Waals surface area contributed by atoms with Gasteiger partial charge in [0.25, 0.3) is 11.8 Å². The number of aliphatic hydroxyl groups is 2. The van der Waals surface area contributed by atoms with Crippen molar-refractivity contribution >= 4 is 98.5 Å². The highest BCUT2D eigenvalue weighted by Crippen LogP contribution is 2.41. The fraction of sp³-hybridized carbons (Fsp3) is 0.565. The molecule has 2 aliphatic heterocycles. The van der Waals surface area contributed by atoms with Crippen molar-refractivity contribution in [3.05, 3.63) is 21.1 Å². The minimum Gasteiger partial charge on any atom is -0.387 e. The molecule has 6 atom stereocenters. The first-order valence-electron chi connectivity index (χ1n) is 12.0. The summed E-state index contributed by atoms with van der Waals surface area (Å²) in [5.41, 5.74) is -2.36. The van der Waals surface area contributed by atoms with Gasteiger partial charge in [-0.1, -0.05) is 42.2 Å². The molecule has 2 spiro atoms. The molecule has 4 N–H and O–H groups in total. The van der Waals surface area contributed by atoms with Crippen molar-refractivity contribution in [3.63, 3.8) is 0 Å². The fourth-order valence-electron chi connectivity index (χ4n) is 4.47. The van der Waals surface area contributed by atoms with Crippen molar-refractivity contribution in [3.8, 4) is 0 Å². The maximum Gasteiger partial charge on any atom is 0.269 e. The Morgan fingerprint density at radius 3 is 1.59 bits per heavy atom. The number of halogens is 4. The number of amides is 2. The van der Waals surface area contributed by atoms with Crippen molar-refractivity contribution in [1.29, 1.82) is 0 Å². The Morgan fingerprint density at radius 1 is 0.821 bits per heavy atom. The van der Waals surface area contributed by atoms with Crippen LogP contribution in [-0.4, -0.2) is 91.2 Å². The first-order valence-corrected chi connectivity index (χ1v) is 15.4. The summed E-state index contributed by atoms with van der Waals surface area (Å²) in [6.45, 7) is 0.740. The van der Waals surface area contributed by atoms with Crippen molar-refractivity contribution < 1.29 is 39.1 Å². The molecule has 0 bridgehead atoms. The van der Waals surface area contributed by atoms with Crippen molar-refractivity contribution in [1.82, 2.24) is 10.6 Å². The van der Waals surface area contributed by atoms with Gasteiger partial charge in [-0.3, -0.25) is 19.2 Å². The van der Waals surface area contributed by atoms with Gasteiger partial charge in [0.2, 0.25) is 0 Å². The van der Waals surface area contributed by atoms with E-state index in [1.54, 1.807) is 0 Å². The van der Waals surface area contributed by atoms with Crippen LogP contribution >= 0.6 is 63.7 Å². The van der Waals surface area contributed by atoms with E-state index in [2.05, 4.69) is 84.7 Å². The number of allylic oxidation sites excluding steroid dienone is 2. The van der Waals surface area contributed by atoms with Gasteiger partial charge in [-0.25, -0.2) is 0 Å². The van der Waals surface area contributed by atoms with E-state index in [1.807, 2.05) is 0 Å². The molecule has 0 fully saturated rings. The number of hydrogen-bond donors (Lipinski definition) is 4. The lowest BCUT2D eigenvalue weighted by molar-refractivity contribution is -0.125. The largest absolute Gasteiger partial charge is 0.387 e. The molecule has 4 aliphatic rings. The molecule has 0 aromatic rings. The van der Waals surface area contributed by atoms with E-state index < -0.39 is 44.9 Å². The van der Waals surface area contributed by atoms with Crippen molar-refractivity contribution in [2.75, 3.05) is 13.1 Å². The number of hydrogen-bond acceptors (Lipinski definition) is 10. The zero-order chi connectivity index (χ0) is 28.5. The predicted molar refractivity (Wildman–Crippen MR) is 153 cm³/mol. The van der Waals surface area contributed by atoms with Gasteiger partial charge in [0.05, 0.1) is 8.96 Å². The third-order valence-electron chi connectivity index (χ3n) is 6.76. The number of unbranched alkanes of at least 4 members (excludes halogenated alkanes) is 2. The quantitative estimate of drug-likeness (QED) is 0.211. The molecule has 0 saturated heterocycles. The fourth-order valence-corrected chi connectivity index (χ4v) is 7.74. The molecule has 0 aromatic heterocycles. The molecule has 2 heterocycles. The van der Waals surface area contributed by atoms with Crippen LogP contribution in [-0.2, 0) is 28.9 Å². The Bertz CT molecular complexity index is 1120. The zero-order valence-corrected chi connectivity index (χ0v) is 26.5. The number of rotatable bonds is 8. The van der Waals surface area contributed by atoms with E-state index in [0.717, 1.165) is 0 Å². The topological polar surface area (TPSA) is 176 Å². The summed E-state index contributed by atoms with van der Waals surface area (Å²) in [7, 11) is 0. The highest BCUT2D eigenvalue weighted by Gasteiger charge is 2.54. The van der Waals surface area contributed by atoms with E-state index in [9.17, 15) is 29.4 Å². The normalized spacial score (nSPS) is 33.7. The van der Waals surface area contributed by atoms with E-state index in [0.29, 0.717) is 32.4 Å². The van der Waals surface area contributed by atoms with Gasteiger partial charge in [-0.05, 0) is 63.3 Å². The van der Waals surface area contributed by atoms with Gasteiger partial charge in [0.1, 0.15) is 33.3 Å². The number of Topliss-reactive ketones (excluding diaryl/α,β-unsaturated/α-hetero) is 2. The van der Waals surface area contributed by atoms with Gasteiger partial charge >= 0.3 is 0 Å². The average Bonchev–Trinajstić information content (AvgIpc) is 3.54. The Balaban J connectivity index is 1.13. The maximum atomic E-state index is 12.5. The monoisotopic (exact) mass is 800 g/mol. The number of oxime groups is 2. The molecule has 0 saturated carbocycles. The summed E-state index contributed by atoms with van der Waals surface area (Å²) >= 11 is 12.6. The molecular weight excluding hydrogens is 780 g/mol. The van der Waals surface area contributed by atoms with E-state index in [-0.39, 0.29) is 44.8 Å². The highest BCUT2D eigenvalue weighted by molar-refractivity contribution is 9.12. The predicted octanol–water partition coefficient (Wildman–Crippen LogP) is 1.39. The van der Waals surface area contributed by atoms with Crippen LogP contribution in [0, 0.1) is 0 Å². The summed E-state index contributed by atoms with van der Waals surface area (Å²) in [6.07, 6.45) is 2.49. The summed E-state index contributed by atoms with van der Waals surface area (Å²) < 4.78 is 0.484. The van der Waals surface area contributed by atoms with Gasteiger partial charge in [-0.2, -0.15) is 0 Å². The highest BCUT2D eigenvalue weighted by atomic mass is 79.9. The lowest BCUT2D eigenvalue weighted by atomic mass is 9.83. The van der Waals surface area contributed by atoms with Gasteiger partial charge in [0, 0.05) is 25.9 Å². The third kappa shape index (κ3) is 6.10. The first-order chi connectivity index (χ1) is 18.4. The van der Waals surface area contributed by atoms with Crippen LogP contribution in [0.2, 0.25) is 0 Å². The second-order valence-corrected chi connectivity index (χ2v) is 13.2. The molecule has 16 heteroatoms. The number of alkyl halides is 2. The van der Waals surface area contributed by atoms with Gasteiger partial charge in [-0.15, -0.1) is 0 Å². The van der Waals surface area contributed by atoms with Crippen LogP contribution in [0.3, 0.4) is 0 Å². The standard InChI is InChI=1S/C23H24Br4N4O8/c24-10-6-22(18(34)14(26)16(10)32)8-12(30-38-22)20(36)28-4-2-1-3-5-29-21(37)13-9-23(39-31-13)7-11(25)17(33)15(27)19(23)35/h6-7,14-15,18-19,34-35H,1-5,8-9H2,(H,28,36)(H,29,37). The smallest absolute Gasteiger partial charge is 0.269 e. The Labute approximate surface area is 256 Å². The number of nitrogens with one attached hydrogen (secondary N) is 2. The Hall–Kier alpha value is -1.46. The van der Waals surface area contributed by atoms with Crippen LogP contribution < -0.4 is 10.6 Å². The van der Waals surface area contributed by atoms with E-state index in [1.165, 1.54) is 12.2 Å². The summed E-state index contributed by atoms with van der Waals surface area (Å²) in [6, 6.07) is 0. The molecule has 2 amide bonds. The molecule has 12 nitrogen and oxygen atoms in total. The molecule has 0 radical (unpaired) electrons. The number of carbonyl (C=O) groups excluding carboxylic acids is 4. The van der Waals surface area contributed by atoms with Crippen LogP contribution in [0.5, 0.6) is 0 Å². The Kier molecular flexibility index (Phi) is 9.53. The lowest BCUT2D eigenvalue weighted by Crippen LogP contribution is -2.52. The molecule has 4 rings (SSSR count). The lowest BCUT2D eigenvalue weighted by Gasteiger charge is -2.34.